The zero-order valence-electron chi connectivity index (χ0n) is 21.0. The van der Waals surface area contributed by atoms with E-state index in [1.807, 2.05) is 56.3 Å². The van der Waals surface area contributed by atoms with E-state index in [1.165, 1.54) is 23.5 Å². The topological polar surface area (TPSA) is 54.0 Å². The highest BCUT2D eigenvalue weighted by atomic mass is 32.1. The van der Waals surface area contributed by atoms with Crippen molar-refractivity contribution < 1.29 is 18.0 Å². The van der Waals surface area contributed by atoms with Crippen LogP contribution in [0.1, 0.15) is 52.6 Å². The highest BCUT2D eigenvalue weighted by Gasteiger charge is 2.44. The van der Waals surface area contributed by atoms with Crippen LogP contribution in [0.25, 0.3) is 10.6 Å². The lowest BCUT2D eigenvalue weighted by Gasteiger charge is -2.14. The molecule has 0 radical (unpaired) electrons. The van der Waals surface area contributed by atoms with E-state index in [0.717, 1.165) is 45.9 Å². The Balaban J connectivity index is 1.15. The molecule has 1 fully saturated rings. The van der Waals surface area contributed by atoms with Crippen molar-refractivity contribution in [3.63, 3.8) is 0 Å². The number of halogens is 3. The summed E-state index contributed by atoms with van der Waals surface area (Å²) in [7, 11) is 0. The van der Waals surface area contributed by atoms with E-state index in [-0.39, 0.29) is 23.8 Å². The molecule has 4 aromatic rings. The lowest BCUT2D eigenvalue weighted by Crippen LogP contribution is -2.28. The van der Waals surface area contributed by atoms with Crippen molar-refractivity contribution in [3.05, 3.63) is 106 Å². The number of carbonyl (C=O) groups excluding carboxylic acids is 1. The molecule has 1 aromatic heterocycles. The molecular weight excluding hydrogens is 507 g/mol. The summed E-state index contributed by atoms with van der Waals surface area (Å²) < 4.78 is 38.5. The lowest BCUT2D eigenvalue weighted by molar-refractivity contribution is -0.137. The molecule has 3 atom stereocenters. The second kappa shape index (κ2) is 10.6. The number of benzene rings is 3. The van der Waals surface area contributed by atoms with E-state index in [4.69, 9.17) is 0 Å². The molecule has 1 heterocycles. The third-order valence-corrected chi connectivity index (χ3v) is 8.14. The number of anilines is 1. The highest BCUT2D eigenvalue weighted by molar-refractivity contribution is 7.15. The molecular formula is C30H28F3N3OS. The van der Waals surface area contributed by atoms with Crippen LogP contribution in [0.3, 0.4) is 0 Å². The summed E-state index contributed by atoms with van der Waals surface area (Å²) in [4.78, 5) is 18.3. The van der Waals surface area contributed by atoms with Gasteiger partial charge in [0, 0.05) is 22.0 Å². The van der Waals surface area contributed by atoms with Crippen molar-refractivity contribution in [2.45, 2.75) is 44.9 Å². The number of nitrogens with one attached hydrogen (secondary N) is 2. The summed E-state index contributed by atoms with van der Waals surface area (Å²) in [5, 5.41) is 7.23. The van der Waals surface area contributed by atoms with Gasteiger partial charge in [0.1, 0.15) is 5.01 Å². The first-order valence-corrected chi connectivity index (χ1v) is 13.3. The average molecular weight is 536 g/mol. The van der Waals surface area contributed by atoms with Crippen LogP contribution in [0.15, 0.2) is 78.9 Å². The molecule has 38 heavy (non-hydrogen) atoms. The van der Waals surface area contributed by atoms with E-state index in [1.54, 1.807) is 0 Å². The molecule has 1 aliphatic carbocycles. The van der Waals surface area contributed by atoms with E-state index < -0.39 is 11.7 Å². The quantitative estimate of drug-likeness (QED) is 0.243. The van der Waals surface area contributed by atoms with Gasteiger partial charge in [-0.25, -0.2) is 4.98 Å². The number of amides is 1. The van der Waals surface area contributed by atoms with Crippen LogP contribution >= 0.6 is 11.3 Å². The molecule has 1 amide bonds. The Kier molecular flexibility index (Phi) is 7.25. The van der Waals surface area contributed by atoms with Gasteiger partial charge < -0.3 is 10.6 Å². The van der Waals surface area contributed by atoms with Gasteiger partial charge >= 0.3 is 6.18 Å². The minimum absolute atomic E-state index is 0.00318. The molecule has 4 nitrogen and oxygen atoms in total. The molecule has 1 saturated carbocycles. The van der Waals surface area contributed by atoms with Crippen molar-refractivity contribution in [2.75, 3.05) is 5.32 Å². The summed E-state index contributed by atoms with van der Waals surface area (Å²) >= 11 is 1.47. The van der Waals surface area contributed by atoms with Gasteiger partial charge in [-0.3, -0.25) is 4.79 Å². The maximum Gasteiger partial charge on any atom is 0.416 e. The Hall–Kier alpha value is -3.65. The Morgan fingerprint density at radius 3 is 2.37 bits per heavy atom. The number of aryl methyl sites for hydroxylation is 1. The van der Waals surface area contributed by atoms with Crippen LogP contribution in [0, 0.1) is 12.8 Å². The smallest absolute Gasteiger partial charge is 0.380 e. The minimum Gasteiger partial charge on any atom is -0.380 e. The molecule has 0 bridgehead atoms. The van der Waals surface area contributed by atoms with Crippen molar-refractivity contribution >= 4 is 22.9 Å². The number of thiazole rings is 1. The summed E-state index contributed by atoms with van der Waals surface area (Å²) in [6.45, 7) is 4.47. The number of rotatable bonds is 8. The molecule has 0 aliphatic heterocycles. The molecule has 0 spiro atoms. The Labute approximate surface area is 223 Å². The molecule has 3 aromatic carbocycles. The zero-order valence-corrected chi connectivity index (χ0v) is 21.9. The Bertz CT molecular complexity index is 1400. The van der Waals surface area contributed by atoms with Gasteiger partial charge in [-0.05, 0) is 61.6 Å². The van der Waals surface area contributed by atoms with Gasteiger partial charge in [0.25, 0.3) is 0 Å². The fraction of sp³-hybridized carbons (Fsp3) is 0.267. The highest BCUT2D eigenvalue weighted by Crippen LogP contribution is 2.48. The predicted octanol–water partition coefficient (Wildman–Crippen LogP) is 7.73. The van der Waals surface area contributed by atoms with Gasteiger partial charge in [-0.2, -0.15) is 13.2 Å². The fourth-order valence-corrected chi connectivity index (χ4v) is 5.55. The zero-order chi connectivity index (χ0) is 26.9. The monoisotopic (exact) mass is 535 g/mol. The fourth-order valence-electron chi connectivity index (χ4n) is 4.55. The summed E-state index contributed by atoms with van der Waals surface area (Å²) in [5.74, 6) is 0.337. The number of aromatic nitrogens is 1. The summed E-state index contributed by atoms with van der Waals surface area (Å²) in [6, 6.07) is 23.2. The summed E-state index contributed by atoms with van der Waals surface area (Å²) in [5.41, 5.74) is 4.06. The first kappa shape index (κ1) is 26.0. The van der Waals surface area contributed by atoms with E-state index in [2.05, 4.69) is 27.8 Å². The molecule has 0 unspecified atom stereocenters. The SMILES string of the molecule is Cc1nc(-c2ccc(C(F)(F)F)cc2)sc1CNc1ccc([C@H]2C[C@@H]2C(=O)N[C@H](C)c2ccccc2)cc1. The lowest BCUT2D eigenvalue weighted by atomic mass is 10.1. The molecule has 2 N–H and O–H groups in total. The van der Waals surface area contributed by atoms with Gasteiger partial charge in [0.05, 0.1) is 23.8 Å². The van der Waals surface area contributed by atoms with Crippen molar-refractivity contribution in [1.82, 2.24) is 10.3 Å². The van der Waals surface area contributed by atoms with Crippen LogP contribution in [-0.4, -0.2) is 10.9 Å². The molecule has 5 rings (SSSR count). The predicted molar refractivity (Wildman–Crippen MR) is 145 cm³/mol. The number of hydrogen-bond acceptors (Lipinski definition) is 4. The van der Waals surface area contributed by atoms with Crippen LogP contribution in [0.5, 0.6) is 0 Å². The van der Waals surface area contributed by atoms with Crippen LogP contribution in [0.2, 0.25) is 0 Å². The first-order valence-electron chi connectivity index (χ1n) is 12.5. The number of carbonyl (C=O) groups is 1. The molecule has 1 aliphatic rings. The van der Waals surface area contributed by atoms with Crippen LogP contribution in [-0.2, 0) is 17.5 Å². The minimum atomic E-state index is -4.35. The molecule has 8 heteroatoms. The second-order valence-corrected chi connectivity index (χ2v) is 10.8. The standard InChI is InChI=1S/C30H28F3N3OS/c1-18(20-6-4-3-5-7-20)35-28(37)26-16-25(26)21-10-14-24(15-11-21)34-17-27-19(2)36-29(38-27)22-8-12-23(13-9-22)30(31,32)33/h3-15,18,25-26,34H,16-17H2,1-2H3,(H,35,37)/t18-,25-,26+/m1/s1. The van der Waals surface area contributed by atoms with E-state index in [9.17, 15) is 18.0 Å². The second-order valence-electron chi connectivity index (χ2n) is 9.67. The Morgan fingerprint density at radius 1 is 1.03 bits per heavy atom. The van der Waals surface area contributed by atoms with Crippen molar-refractivity contribution in [1.29, 1.82) is 0 Å². The first-order chi connectivity index (χ1) is 18.2. The van der Waals surface area contributed by atoms with Crippen LogP contribution < -0.4 is 10.6 Å². The molecule has 0 saturated heterocycles. The van der Waals surface area contributed by atoms with Crippen molar-refractivity contribution in [2.24, 2.45) is 5.92 Å². The molecule has 196 valence electrons. The van der Waals surface area contributed by atoms with Crippen molar-refractivity contribution in [3.8, 4) is 10.6 Å². The number of hydrogen-bond donors (Lipinski definition) is 2. The van der Waals surface area contributed by atoms with Gasteiger partial charge in [-0.15, -0.1) is 11.3 Å². The Morgan fingerprint density at radius 2 is 1.71 bits per heavy atom. The van der Waals surface area contributed by atoms with E-state index in [0.29, 0.717) is 17.1 Å². The third-order valence-electron chi connectivity index (χ3n) is 6.93. The normalized spacial score (nSPS) is 17.6. The summed E-state index contributed by atoms with van der Waals surface area (Å²) in [6.07, 6.45) is -3.50. The van der Waals surface area contributed by atoms with Gasteiger partial charge in [-0.1, -0.05) is 54.6 Å². The van der Waals surface area contributed by atoms with Crippen LogP contribution in [0.4, 0.5) is 18.9 Å². The average Bonchev–Trinajstić information content (AvgIpc) is 3.63. The maximum atomic E-state index is 12.8. The largest absolute Gasteiger partial charge is 0.416 e. The van der Waals surface area contributed by atoms with Gasteiger partial charge in [0.15, 0.2) is 0 Å². The van der Waals surface area contributed by atoms with E-state index >= 15 is 0 Å². The number of nitrogens with zero attached hydrogens (tertiary/aromatic N) is 1. The van der Waals surface area contributed by atoms with Gasteiger partial charge in [0.2, 0.25) is 5.91 Å². The number of alkyl halides is 3. The maximum absolute atomic E-state index is 12.8. The third kappa shape index (κ3) is 5.91.